The van der Waals surface area contributed by atoms with E-state index in [0.717, 1.165) is 33.3 Å². The van der Waals surface area contributed by atoms with E-state index in [9.17, 15) is 87.5 Å². The Morgan fingerprint density at radius 1 is 0.673 bits per heavy atom. The number of esters is 1. The summed E-state index contributed by atoms with van der Waals surface area (Å²) in [5.41, 5.74) is 5.95. The molecule has 11 amide bonds. The highest BCUT2D eigenvalue weighted by atomic mass is 33.1. The second kappa shape index (κ2) is 39.5. The van der Waals surface area contributed by atoms with E-state index in [4.69, 9.17) is 30.1 Å². The van der Waals surface area contributed by atoms with Gasteiger partial charge >= 0.3 is 17.9 Å². The number of carboxylic acid groups (broad SMARTS) is 2. The Hall–Kier alpha value is -10.9. The van der Waals surface area contributed by atoms with Crippen LogP contribution in [0.15, 0.2) is 84.9 Å². The van der Waals surface area contributed by atoms with E-state index in [1.54, 1.807) is 54.8 Å². The number of hydrogen-bond donors (Lipinski definition) is 18. The molecule has 39 heteroatoms. The largest absolute Gasteiger partial charge is 0.508 e. The summed E-state index contributed by atoms with van der Waals surface area (Å²) in [6.07, 6.45) is -0.649. The van der Waals surface area contributed by atoms with Crippen LogP contribution in [0.3, 0.4) is 0 Å². The Balaban J connectivity index is 0.892. The quantitative estimate of drug-likeness (QED) is 0.00762. The first-order chi connectivity index (χ1) is 49.7. The second-order valence-corrected chi connectivity index (χ2v) is 26.6. The van der Waals surface area contributed by atoms with E-state index in [1.165, 1.54) is 36.4 Å². The van der Waals surface area contributed by atoms with Gasteiger partial charge in [-0.25, -0.2) is 4.79 Å². The summed E-state index contributed by atoms with van der Waals surface area (Å²) in [5, 5.41) is 76.5. The van der Waals surface area contributed by atoms with Gasteiger partial charge in [0.25, 0.3) is 5.91 Å². The van der Waals surface area contributed by atoms with Crippen LogP contribution in [0.1, 0.15) is 68.7 Å². The van der Waals surface area contributed by atoms with Crippen molar-refractivity contribution >= 4 is 122 Å². The number of nitrogens with two attached hydrogens (primary N) is 1. The number of rotatable bonds is 32. The van der Waals surface area contributed by atoms with E-state index in [2.05, 4.69) is 63.8 Å². The maximum Gasteiger partial charge on any atom is 0.340 e. The number of benzene rings is 4. The molecule has 558 valence electrons. The number of amides is 11. The van der Waals surface area contributed by atoms with Crippen molar-refractivity contribution in [1.82, 2.24) is 63.8 Å². The fourth-order valence-electron chi connectivity index (χ4n) is 10.6. The first kappa shape index (κ1) is 80.4. The van der Waals surface area contributed by atoms with Crippen molar-refractivity contribution in [3.05, 3.63) is 118 Å². The first-order valence-corrected chi connectivity index (χ1v) is 36.0. The van der Waals surface area contributed by atoms with Crippen LogP contribution in [0.5, 0.6) is 23.0 Å². The van der Waals surface area contributed by atoms with Gasteiger partial charge in [0.1, 0.15) is 59.2 Å². The summed E-state index contributed by atoms with van der Waals surface area (Å²) in [7, 11) is 1.62. The summed E-state index contributed by atoms with van der Waals surface area (Å²) in [4.78, 5) is 186. The van der Waals surface area contributed by atoms with Crippen LogP contribution < -0.4 is 74.3 Å². The van der Waals surface area contributed by atoms with Gasteiger partial charge in [0.2, 0.25) is 59.1 Å². The average molecular weight is 1500 g/mol. The molecule has 3 aliphatic rings. The third-order valence-electron chi connectivity index (χ3n) is 15.5. The molecular formula is C65H78N14O22S3. The lowest BCUT2D eigenvalue weighted by Gasteiger charge is -2.36. The molecule has 0 radical (unpaired) electrons. The number of fused-ring (bicyclic) bond motifs is 6. The van der Waals surface area contributed by atoms with E-state index in [-0.39, 0.29) is 105 Å². The number of phenolic OH excluding ortho intramolecular Hbond substituents is 2. The van der Waals surface area contributed by atoms with Crippen molar-refractivity contribution in [3.8, 4) is 23.0 Å². The number of guanidine groups is 1. The molecule has 1 spiro atoms. The highest BCUT2D eigenvalue weighted by Crippen LogP contribution is 2.57. The predicted molar refractivity (Wildman–Crippen MR) is 373 cm³/mol. The molecule has 19 N–H and O–H groups in total. The van der Waals surface area contributed by atoms with Gasteiger partial charge in [-0.2, -0.15) is 11.8 Å². The Morgan fingerprint density at radius 2 is 1.32 bits per heavy atom. The van der Waals surface area contributed by atoms with Crippen LogP contribution in [0, 0.1) is 5.41 Å². The summed E-state index contributed by atoms with van der Waals surface area (Å²) >= 11 is 1.08. The van der Waals surface area contributed by atoms with Gasteiger partial charge in [0, 0.05) is 71.9 Å². The van der Waals surface area contributed by atoms with E-state index in [0.29, 0.717) is 22.3 Å². The molecule has 0 saturated carbocycles. The second-order valence-electron chi connectivity index (χ2n) is 23.2. The minimum absolute atomic E-state index is 0.0162. The fraction of sp³-hybridized carbons (Fsp3) is 0.400. The first-order valence-electron chi connectivity index (χ1n) is 32.1. The number of carboxylic acids is 2. The Bertz CT molecular complexity index is 3820. The normalized spacial score (nSPS) is 17.6. The summed E-state index contributed by atoms with van der Waals surface area (Å²) in [5.74, 6) is -15.0. The van der Waals surface area contributed by atoms with E-state index < -0.39 is 175 Å². The van der Waals surface area contributed by atoms with Gasteiger partial charge < -0.3 is 109 Å². The molecule has 4 aromatic rings. The predicted octanol–water partition coefficient (Wildman–Crippen LogP) is -2.98. The van der Waals surface area contributed by atoms with Gasteiger partial charge in [0.15, 0.2) is 11.6 Å². The van der Waals surface area contributed by atoms with Crippen molar-refractivity contribution in [1.29, 1.82) is 5.41 Å². The topological polar surface area (TPSA) is 551 Å². The average Bonchev–Trinajstić information content (AvgIpc) is 1.49. The summed E-state index contributed by atoms with van der Waals surface area (Å²) < 4.78 is 23.1. The Kier molecular flexibility index (Phi) is 30.5. The molecular weight excluding hydrogens is 1420 g/mol. The fourth-order valence-corrected chi connectivity index (χ4v) is 13.3. The van der Waals surface area contributed by atoms with Crippen molar-refractivity contribution in [2.24, 2.45) is 5.73 Å². The van der Waals surface area contributed by atoms with Crippen molar-refractivity contribution in [2.75, 3.05) is 89.2 Å². The number of aromatic hydroxyl groups is 2. The zero-order valence-electron chi connectivity index (χ0n) is 55.7. The highest BCUT2D eigenvalue weighted by Gasteiger charge is 2.54. The van der Waals surface area contributed by atoms with Crippen molar-refractivity contribution in [3.63, 3.8) is 0 Å². The van der Waals surface area contributed by atoms with Gasteiger partial charge in [-0.3, -0.25) is 67.7 Å². The number of phenols is 2. The molecule has 0 unspecified atom stereocenters. The number of aliphatic carboxylic acids is 2. The summed E-state index contributed by atoms with van der Waals surface area (Å²) in [6, 6.07) is 11.7. The smallest absolute Gasteiger partial charge is 0.340 e. The zero-order valence-corrected chi connectivity index (χ0v) is 58.2. The van der Waals surface area contributed by atoms with Gasteiger partial charge in [0.05, 0.1) is 70.2 Å². The number of nitrogens with one attached hydrogen (secondary N) is 13. The molecule has 0 aromatic heterocycles. The maximum absolute atomic E-state index is 14.4. The molecule has 1 fully saturated rings. The van der Waals surface area contributed by atoms with Crippen LogP contribution in [0.25, 0.3) is 0 Å². The lowest BCUT2D eigenvalue weighted by atomic mass is 9.77. The molecule has 7 rings (SSSR count). The van der Waals surface area contributed by atoms with Crippen LogP contribution in [-0.2, 0) is 83.8 Å². The van der Waals surface area contributed by atoms with Crippen molar-refractivity contribution in [2.45, 2.75) is 74.0 Å². The minimum Gasteiger partial charge on any atom is -0.508 e. The molecule has 3 aliphatic heterocycles. The number of carbonyl (C=O) groups excluding carboxylic acids is 12. The van der Waals surface area contributed by atoms with E-state index in [1.807, 2.05) is 0 Å². The van der Waals surface area contributed by atoms with Crippen LogP contribution >= 0.6 is 33.3 Å². The van der Waals surface area contributed by atoms with E-state index >= 15 is 0 Å². The third-order valence-corrected chi connectivity index (χ3v) is 18.5. The molecule has 36 nitrogen and oxygen atoms in total. The van der Waals surface area contributed by atoms with Crippen LogP contribution in [0.2, 0.25) is 0 Å². The van der Waals surface area contributed by atoms with Gasteiger partial charge in [-0.05, 0) is 61.1 Å². The standard InChI is InChI=1S/C65H78N14O22S3/c1-102-33-53(85)75-45(27-55(88)89)60(94)78-46-31-103-104-32-47(79-59(93)44(26-54(86)87)74-52(84)30-73-57(91)42(76-61(46)95)8-5-15-70-64(66)67)62(96)77-43(22-34-6-3-2-4-7-34)58(92)72-29-51(83)71-28-50(82)68-16-18-98-20-21-99-19-17-69-56(90)35-9-12-39-38(23-35)63(97)101-65(39)40-13-10-36(80)24-48(40)100-49-25-37(81)11-14-41(49)65/h2-4,6-7,9-14,23-25,42-47,80-81H,5,8,15-22,26-33H2,1H3,(H,68,82)(H,69,90)(H,71,83)(H,72,92)(H,73,91)(H,74,84)(H,75,85)(H,76,95)(H,77,96)(H,78,94)(H,79,93)(H,86,87)(H,88,89)(H4,66,67,70)/t42-,43-,44-,45-,46-,47-/m0/s1. The SMILES string of the molecule is CSCC(=O)N[C@@H](CC(=O)O)C(=O)N[C@H]1CSSC[C@@H](C(=O)N[C@@H](Cc2ccccc2)C(=O)NCC(=O)NCC(=O)NCCOCCOCCNC(=O)c2ccc3c(c2)C(=O)OC32c3ccc(O)cc3Oc3cc(O)ccc32)NC(=O)[C@H](CC(=O)O)NC(=O)CNC(=O)[C@H](CCCNC(=N)N)NC1=O. The maximum atomic E-state index is 14.4. The molecule has 6 atom stereocenters. The third kappa shape index (κ3) is 23.8. The molecule has 104 heavy (non-hydrogen) atoms. The van der Waals surface area contributed by atoms with Gasteiger partial charge in [-0.1, -0.05) is 58.0 Å². The van der Waals surface area contributed by atoms with Crippen molar-refractivity contribution < 1.29 is 106 Å². The molecule has 0 aliphatic carbocycles. The van der Waals surface area contributed by atoms with Gasteiger partial charge in [-0.15, -0.1) is 0 Å². The van der Waals surface area contributed by atoms with Crippen LogP contribution in [-0.4, -0.2) is 235 Å². The number of thioether (sulfide) groups is 1. The van der Waals surface area contributed by atoms with Crippen LogP contribution in [0.4, 0.5) is 0 Å². The lowest BCUT2D eigenvalue weighted by Crippen LogP contribution is -2.59. The number of carbonyl (C=O) groups is 14. The Morgan fingerprint density at radius 3 is 1.97 bits per heavy atom. The zero-order chi connectivity index (χ0) is 75.5. The Labute approximate surface area is 605 Å². The number of ether oxygens (including phenoxy) is 4. The number of hydrogen-bond acceptors (Lipinski definition) is 24. The summed E-state index contributed by atoms with van der Waals surface area (Å²) in [6.45, 7) is -1.67. The molecule has 0 bridgehead atoms. The minimum atomic E-state index is -1.87. The monoisotopic (exact) mass is 1500 g/mol. The highest BCUT2D eigenvalue weighted by molar-refractivity contribution is 8.76. The molecule has 3 heterocycles. The lowest BCUT2D eigenvalue weighted by molar-refractivity contribution is -0.141. The molecule has 1 saturated heterocycles. The molecule has 4 aromatic carbocycles.